The van der Waals surface area contributed by atoms with Crippen LogP contribution in [0, 0.1) is 5.82 Å². The maximum absolute atomic E-state index is 13.0. The molecule has 0 saturated heterocycles. The molecular formula is C20H18FN3O3. The van der Waals surface area contributed by atoms with Gasteiger partial charge >= 0.3 is 5.97 Å². The van der Waals surface area contributed by atoms with Gasteiger partial charge in [-0.15, -0.1) is 0 Å². The normalized spacial score (nSPS) is 11.0. The van der Waals surface area contributed by atoms with E-state index >= 15 is 0 Å². The van der Waals surface area contributed by atoms with E-state index in [0.29, 0.717) is 23.0 Å². The lowest BCUT2D eigenvalue weighted by molar-refractivity contribution is -0.128. The maximum atomic E-state index is 13.0. The third-order valence-electron chi connectivity index (χ3n) is 3.68. The largest absolute Gasteiger partial charge is 0.423 e. The first-order valence-electron chi connectivity index (χ1n) is 8.57. The second-order valence-corrected chi connectivity index (χ2v) is 5.83. The van der Waals surface area contributed by atoms with E-state index in [4.69, 9.17) is 9.26 Å². The maximum Gasteiger partial charge on any atom is 0.336 e. The smallest absolute Gasteiger partial charge is 0.336 e. The molecule has 0 radical (unpaired) electrons. The highest BCUT2D eigenvalue weighted by Gasteiger charge is 2.09. The molecule has 0 aliphatic heterocycles. The first kappa shape index (κ1) is 18.4. The van der Waals surface area contributed by atoms with Gasteiger partial charge in [-0.2, -0.15) is 4.98 Å². The summed E-state index contributed by atoms with van der Waals surface area (Å²) in [5.41, 5.74) is 1.24. The lowest BCUT2D eigenvalue weighted by atomic mass is 10.2. The molecule has 138 valence electrons. The number of carbonyl (C=O) groups excluding carboxylic acids is 1. The number of rotatable bonds is 7. The van der Waals surface area contributed by atoms with E-state index < -0.39 is 11.8 Å². The van der Waals surface area contributed by atoms with Gasteiger partial charge in [0.15, 0.2) is 0 Å². The molecule has 0 fully saturated rings. The number of aromatic nitrogens is 3. The van der Waals surface area contributed by atoms with Gasteiger partial charge in [0, 0.05) is 24.3 Å². The van der Waals surface area contributed by atoms with Gasteiger partial charge in [-0.05, 0) is 48.4 Å². The number of pyridine rings is 1. The highest BCUT2D eigenvalue weighted by Crippen LogP contribution is 2.20. The zero-order chi connectivity index (χ0) is 19.1. The fourth-order valence-electron chi connectivity index (χ4n) is 2.31. The Balaban J connectivity index is 1.60. The summed E-state index contributed by atoms with van der Waals surface area (Å²) in [6.07, 6.45) is 7.99. The molecule has 2 aromatic heterocycles. The topological polar surface area (TPSA) is 78.1 Å². The molecule has 0 amide bonds. The van der Waals surface area contributed by atoms with Crippen LogP contribution >= 0.6 is 0 Å². The number of ether oxygens (including phenoxy) is 1. The number of carbonyl (C=O) groups is 1. The molecule has 0 spiro atoms. The van der Waals surface area contributed by atoms with Crippen LogP contribution < -0.4 is 4.74 Å². The number of unbranched alkanes of at least 4 members (excludes halogenated alkanes) is 1. The molecule has 27 heavy (non-hydrogen) atoms. The Kier molecular flexibility index (Phi) is 6.04. The van der Waals surface area contributed by atoms with Crippen molar-refractivity contribution in [2.75, 3.05) is 0 Å². The zero-order valence-corrected chi connectivity index (χ0v) is 14.8. The second kappa shape index (κ2) is 8.84. The summed E-state index contributed by atoms with van der Waals surface area (Å²) >= 11 is 0. The van der Waals surface area contributed by atoms with Crippen molar-refractivity contribution in [1.82, 2.24) is 15.1 Å². The number of aryl methyl sites for hydroxylation is 1. The van der Waals surface area contributed by atoms with Crippen LogP contribution in [0.15, 0.2) is 53.3 Å². The molecule has 2 heterocycles. The average molecular weight is 367 g/mol. The fourth-order valence-corrected chi connectivity index (χ4v) is 2.31. The summed E-state index contributed by atoms with van der Waals surface area (Å²) in [4.78, 5) is 19.9. The van der Waals surface area contributed by atoms with Gasteiger partial charge in [-0.25, -0.2) is 9.18 Å². The molecule has 0 aliphatic rings. The third-order valence-corrected chi connectivity index (χ3v) is 3.68. The lowest BCUT2D eigenvalue weighted by Gasteiger charge is -2.02. The number of esters is 1. The number of hydrogen-bond donors (Lipinski definition) is 0. The summed E-state index contributed by atoms with van der Waals surface area (Å²) in [7, 11) is 0. The van der Waals surface area contributed by atoms with Crippen molar-refractivity contribution in [2.24, 2.45) is 0 Å². The van der Waals surface area contributed by atoms with Crippen molar-refractivity contribution < 1.29 is 18.4 Å². The van der Waals surface area contributed by atoms with Gasteiger partial charge in [0.2, 0.25) is 11.7 Å². The van der Waals surface area contributed by atoms with Crippen LogP contribution in [0.2, 0.25) is 0 Å². The molecule has 0 atom stereocenters. The van der Waals surface area contributed by atoms with Gasteiger partial charge in [0.1, 0.15) is 11.6 Å². The first-order valence-corrected chi connectivity index (χ1v) is 8.57. The minimum Gasteiger partial charge on any atom is -0.423 e. The molecule has 0 bridgehead atoms. The predicted molar refractivity (Wildman–Crippen MR) is 97.2 cm³/mol. The number of hydrogen-bond acceptors (Lipinski definition) is 6. The van der Waals surface area contributed by atoms with Crippen molar-refractivity contribution in [3.63, 3.8) is 0 Å². The van der Waals surface area contributed by atoms with Crippen LogP contribution in [0.5, 0.6) is 5.75 Å². The number of halogens is 1. The molecule has 7 heteroatoms. The zero-order valence-electron chi connectivity index (χ0n) is 14.8. The van der Waals surface area contributed by atoms with E-state index in [0.717, 1.165) is 31.0 Å². The van der Waals surface area contributed by atoms with Gasteiger partial charge in [0.25, 0.3) is 0 Å². The van der Waals surface area contributed by atoms with Gasteiger partial charge < -0.3 is 9.26 Å². The summed E-state index contributed by atoms with van der Waals surface area (Å²) in [6.45, 7) is 2.10. The molecule has 6 nitrogen and oxygen atoms in total. The van der Waals surface area contributed by atoms with Gasteiger partial charge in [-0.1, -0.05) is 18.5 Å². The van der Waals surface area contributed by atoms with E-state index in [1.54, 1.807) is 24.3 Å². The van der Waals surface area contributed by atoms with Crippen LogP contribution in [0.4, 0.5) is 4.39 Å². The van der Waals surface area contributed by atoms with E-state index in [-0.39, 0.29) is 0 Å². The third kappa shape index (κ3) is 5.31. The number of nitrogens with zero attached hydrogens (tertiary/aromatic N) is 3. The Morgan fingerprint density at radius 2 is 2.07 bits per heavy atom. The Bertz CT molecular complexity index is 936. The number of benzene rings is 1. The summed E-state index contributed by atoms with van der Waals surface area (Å²) in [5, 5.41) is 3.96. The van der Waals surface area contributed by atoms with E-state index in [2.05, 4.69) is 22.0 Å². The Morgan fingerprint density at radius 1 is 1.26 bits per heavy atom. The van der Waals surface area contributed by atoms with Crippen molar-refractivity contribution >= 4 is 12.0 Å². The Hall–Kier alpha value is -3.35. The van der Waals surface area contributed by atoms with E-state index in [1.807, 2.05) is 0 Å². The lowest BCUT2D eigenvalue weighted by Crippen LogP contribution is -2.03. The van der Waals surface area contributed by atoms with Crippen LogP contribution in [0.25, 0.3) is 17.5 Å². The van der Waals surface area contributed by atoms with E-state index in [1.165, 1.54) is 24.4 Å². The minimum atomic E-state index is -0.576. The minimum absolute atomic E-state index is 0.375. The monoisotopic (exact) mass is 367 g/mol. The molecule has 1 aromatic carbocycles. The highest BCUT2D eigenvalue weighted by molar-refractivity contribution is 5.88. The Labute approximate surface area is 155 Å². The molecule has 0 unspecified atom stereocenters. The van der Waals surface area contributed by atoms with Gasteiger partial charge in [-0.3, -0.25) is 4.98 Å². The molecule has 0 saturated carbocycles. The van der Waals surface area contributed by atoms with Crippen molar-refractivity contribution in [3.8, 4) is 17.1 Å². The summed E-state index contributed by atoms with van der Waals surface area (Å²) in [5.74, 6) is 0.436. The summed E-state index contributed by atoms with van der Waals surface area (Å²) < 4.78 is 23.5. The van der Waals surface area contributed by atoms with Crippen molar-refractivity contribution in [3.05, 3.63) is 66.1 Å². The van der Waals surface area contributed by atoms with Crippen molar-refractivity contribution in [1.29, 1.82) is 0 Å². The molecule has 3 rings (SSSR count). The summed E-state index contributed by atoms with van der Waals surface area (Å²) in [6, 6.07) is 8.06. The molecule has 0 N–H and O–H groups in total. The predicted octanol–water partition coefficient (Wildman–Crippen LogP) is 4.23. The first-order chi connectivity index (χ1) is 13.1. The fraction of sp³-hybridized carbons (Fsp3) is 0.200. The molecular weight excluding hydrogens is 349 g/mol. The SMILES string of the molecule is CCCCc1nc(-c2ccc(OC(=O)/C=C/c3cncc(F)c3)cc2)no1. The quantitative estimate of drug-likeness (QED) is 0.353. The van der Waals surface area contributed by atoms with Crippen LogP contribution in [0.1, 0.15) is 31.2 Å². The molecule has 0 aliphatic carbocycles. The van der Waals surface area contributed by atoms with E-state index in [9.17, 15) is 9.18 Å². The second-order valence-electron chi connectivity index (χ2n) is 5.83. The standard InChI is InChI=1S/C20H18FN3O3/c1-2-3-4-18-23-20(24-27-18)15-6-8-17(9-7-15)26-19(25)10-5-14-11-16(21)13-22-12-14/h5-13H,2-4H2,1H3/b10-5+. The van der Waals surface area contributed by atoms with Crippen LogP contribution in [0.3, 0.4) is 0 Å². The average Bonchev–Trinajstić information content (AvgIpc) is 3.14. The van der Waals surface area contributed by atoms with Gasteiger partial charge in [0.05, 0.1) is 6.20 Å². The Morgan fingerprint density at radius 3 is 2.81 bits per heavy atom. The van der Waals surface area contributed by atoms with Crippen LogP contribution in [-0.2, 0) is 11.2 Å². The molecule has 3 aromatic rings. The van der Waals surface area contributed by atoms with Crippen molar-refractivity contribution in [2.45, 2.75) is 26.2 Å². The highest BCUT2D eigenvalue weighted by atomic mass is 19.1. The van der Waals surface area contributed by atoms with Crippen LogP contribution in [-0.4, -0.2) is 21.1 Å².